The number of hydrogen-bond acceptors (Lipinski definition) is 4. The van der Waals surface area contributed by atoms with Gasteiger partial charge in [-0.05, 0) is 111 Å². The number of aliphatic hydroxyl groups is 1. The van der Waals surface area contributed by atoms with E-state index in [-0.39, 0.29) is 6.10 Å². The molecule has 3 N–H and O–H groups in total. The fourth-order valence-electron chi connectivity index (χ4n) is 8.14. The number of rotatable bonds is 5. The Hall–Kier alpha value is -0.870. The van der Waals surface area contributed by atoms with E-state index in [2.05, 4.69) is 32.0 Å². The average Bonchev–Trinajstić information content (AvgIpc) is 3.02. The van der Waals surface area contributed by atoms with Gasteiger partial charge in [0.25, 0.3) is 0 Å². The molecule has 0 saturated heterocycles. The van der Waals surface area contributed by atoms with Crippen molar-refractivity contribution in [3.8, 4) is 0 Å². The third-order valence-corrected chi connectivity index (χ3v) is 9.72. The molecular weight excluding hydrogens is 360 g/mol. The van der Waals surface area contributed by atoms with Gasteiger partial charge in [0.1, 0.15) is 6.61 Å². The summed E-state index contributed by atoms with van der Waals surface area (Å²) < 4.78 is 0. The van der Waals surface area contributed by atoms with Gasteiger partial charge in [-0.1, -0.05) is 25.1 Å². The highest BCUT2D eigenvalue weighted by Crippen LogP contribution is 2.67. The quantitative estimate of drug-likeness (QED) is 0.390. The van der Waals surface area contributed by atoms with Crippen molar-refractivity contribution in [2.45, 2.75) is 84.7 Å². The predicted octanol–water partition coefficient (Wildman–Crippen LogP) is 4.91. The number of fused-ring (bicyclic) bond motifs is 5. The van der Waals surface area contributed by atoms with E-state index in [0.29, 0.717) is 29.9 Å². The summed E-state index contributed by atoms with van der Waals surface area (Å²) in [6, 6.07) is 0. The summed E-state index contributed by atoms with van der Waals surface area (Å²) in [7, 11) is 0. The van der Waals surface area contributed by atoms with Crippen LogP contribution < -0.4 is 5.73 Å². The molecule has 0 aromatic carbocycles. The zero-order chi connectivity index (χ0) is 20.6. The van der Waals surface area contributed by atoms with Crippen LogP contribution in [0, 0.1) is 40.4 Å². The molecule has 4 aliphatic rings. The number of allylic oxidation sites excluding steroid dienone is 2. The zero-order valence-corrected chi connectivity index (χ0v) is 18.8. The minimum Gasteiger partial charge on any atom is -0.394 e. The van der Waals surface area contributed by atoms with E-state index in [4.69, 9.17) is 10.6 Å². The smallest absolute Gasteiger partial charge is 0.129 e. The maximum Gasteiger partial charge on any atom is 0.129 e. The van der Waals surface area contributed by atoms with Crippen LogP contribution in [0.5, 0.6) is 0 Å². The molecule has 164 valence electrons. The SMILES string of the molecule is CC(/C=N/OCCN)=C\[C@H]1CC[C@H]2[C@@H]3CC[C@@H]4C[C@@H](O)CC[C@]4(C)[C@H]3CC[C@]12C. The molecule has 4 nitrogen and oxygen atoms in total. The van der Waals surface area contributed by atoms with Crippen molar-refractivity contribution >= 4 is 6.21 Å². The first-order valence-corrected chi connectivity index (χ1v) is 12.1. The highest BCUT2D eigenvalue weighted by atomic mass is 16.6. The number of nitrogens with zero attached hydrogens (tertiary/aromatic N) is 1. The highest BCUT2D eigenvalue weighted by Gasteiger charge is 2.59. The lowest BCUT2D eigenvalue weighted by molar-refractivity contribution is -0.124. The molecule has 4 aliphatic carbocycles. The lowest BCUT2D eigenvalue weighted by Crippen LogP contribution is -2.53. The first-order valence-electron chi connectivity index (χ1n) is 12.1. The summed E-state index contributed by atoms with van der Waals surface area (Å²) in [5.74, 6) is 4.05. The fourth-order valence-corrected chi connectivity index (χ4v) is 8.14. The van der Waals surface area contributed by atoms with E-state index in [1.807, 2.05) is 6.21 Å². The van der Waals surface area contributed by atoms with E-state index in [0.717, 1.165) is 36.5 Å². The Balaban J connectivity index is 1.48. The van der Waals surface area contributed by atoms with E-state index in [9.17, 15) is 5.11 Å². The summed E-state index contributed by atoms with van der Waals surface area (Å²) in [6.45, 7) is 8.29. The predicted molar refractivity (Wildman–Crippen MR) is 118 cm³/mol. The van der Waals surface area contributed by atoms with Crippen molar-refractivity contribution in [1.29, 1.82) is 0 Å². The van der Waals surface area contributed by atoms with Crippen LogP contribution in [-0.4, -0.2) is 30.6 Å². The van der Waals surface area contributed by atoms with Gasteiger partial charge in [-0.25, -0.2) is 0 Å². The summed E-state index contributed by atoms with van der Waals surface area (Å²) in [6.07, 6.45) is 15.8. The van der Waals surface area contributed by atoms with Crippen molar-refractivity contribution in [2.24, 2.45) is 51.3 Å². The molecular formula is C25H42N2O2. The van der Waals surface area contributed by atoms with Crippen LogP contribution in [0.3, 0.4) is 0 Å². The van der Waals surface area contributed by atoms with Crippen LogP contribution in [0.1, 0.15) is 78.6 Å². The monoisotopic (exact) mass is 402 g/mol. The van der Waals surface area contributed by atoms with Gasteiger partial charge in [-0.3, -0.25) is 0 Å². The zero-order valence-electron chi connectivity index (χ0n) is 18.8. The van der Waals surface area contributed by atoms with Gasteiger partial charge in [-0.15, -0.1) is 0 Å². The maximum atomic E-state index is 10.2. The van der Waals surface area contributed by atoms with Crippen molar-refractivity contribution in [2.75, 3.05) is 13.2 Å². The second-order valence-corrected chi connectivity index (χ2v) is 11.1. The van der Waals surface area contributed by atoms with E-state index in [1.54, 1.807) is 0 Å². The molecule has 29 heavy (non-hydrogen) atoms. The van der Waals surface area contributed by atoms with Gasteiger partial charge < -0.3 is 15.7 Å². The second-order valence-electron chi connectivity index (χ2n) is 11.1. The highest BCUT2D eigenvalue weighted by molar-refractivity contribution is 5.77. The average molecular weight is 403 g/mol. The number of hydrogen-bond donors (Lipinski definition) is 2. The normalized spacial score (nSPS) is 47.6. The first-order chi connectivity index (χ1) is 13.9. The van der Waals surface area contributed by atoms with Crippen LogP contribution >= 0.6 is 0 Å². The topological polar surface area (TPSA) is 67.8 Å². The molecule has 0 heterocycles. The van der Waals surface area contributed by atoms with Gasteiger partial charge in [0.05, 0.1) is 12.3 Å². The van der Waals surface area contributed by atoms with Crippen molar-refractivity contribution < 1.29 is 9.94 Å². The molecule has 0 bridgehead atoms. The third-order valence-electron chi connectivity index (χ3n) is 9.72. The summed E-state index contributed by atoms with van der Waals surface area (Å²) in [4.78, 5) is 5.18. The lowest BCUT2D eigenvalue weighted by atomic mass is 9.44. The molecule has 4 heteroatoms. The second kappa shape index (κ2) is 8.34. The molecule has 4 rings (SSSR count). The number of oxime groups is 1. The Morgan fingerprint density at radius 2 is 1.83 bits per heavy atom. The summed E-state index contributed by atoms with van der Waals surface area (Å²) >= 11 is 0. The minimum atomic E-state index is -0.0436. The van der Waals surface area contributed by atoms with Gasteiger partial charge in [0, 0.05) is 6.54 Å². The maximum absolute atomic E-state index is 10.2. The largest absolute Gasteiger partial charge is 0.394 e. The molecule has 0 amide bonds. The Morgan fingerprint density at radius 1 is 1.07 bits per heavy atom. The van der Waals surface area contributed by atoms with Crippen molar-refractivity contribution in [1.82, 2.24) is 0 Å². The Kier molecular flexibility index (Phi) is 6.14. The summed E-state index contributed by atoms with van der Waals surface area (Å²) in [5, 5.41) is 14.3. The van der Waals surface area contributed by atoms with Gasteiger partial charge in [-0.2, -0.15) is 0 Å². The number of nitrogens with two attached hydrogens (primary N) is 1. The molecule has 4 fully saturated rings. The summed E-state index contributed by atoms with van der Waals surface area (Å²) in [5.41, 5.74) is 7.58. The van der Waals surface area contributed by atoms with Crippen LogP contribution in [-0.2, 0) is 4.84 Å². The van der Waals surface area contributed by atoms with Crippen molar-refractivity contribution in [3.63, 3.8) is 0 Å². The Labute approximate surface area is 177 Å². The van der Waals surface area contributed by atoms with Crippen molar-refractivity contribution in [3.05, 3.63) is 11.6 Å². The van der Waals surface area contributed by atoms with E-state index in [1.165, 1.54) is 50.5 Å². The van der Waals surface area contributed by atoms with Crippen LogP contribution in [0.15, 0.2) is 16.8 Å². The van der Waals surface area contributed by atoms with E-state index >= 15 is 0 Å². The van der Waals surface area contributed by atoms with Crippen LogP contribution in [0.4, 0.5) is 0 Å². The first kappa shape index (κ1) is 21.4. The molecule has 0 spiro atoms. The fraction of sp³-hybridized carbons (Fsp3) is 0.880. The third kappa shape index (κ3) is 3.80. The molecule has 0 aromatic heterocycles. The molecule has 0 aromatic rings. The molecule has 8 atom stereocenters. The van der Waals surface area contributed by atoms with Crippen LogP contribution in [0.25, 0.3) is 0 Å². The molecule has 0 radical (unpaired) electrons. The van der Waals surface area contributed by atoms with Gasteiger partial charge >= 0.3 is 0 Å². The lowest BCUT2D eigenvalue weighted by Gasteiger charge is -2.61. The molecule has 0 unspecified atom stereocenters. The molecule has 0 aliphatic heterocycles. The number of aliphatic hydroxyl groups excluding tert-OH is 1. The van der Waals surface area contributed by atoms with Crippen LogP contribution in [0.2, 0.25) is 0 Å². The minimum absolute atomic E-state index is 0.0436. The van der Waals surface area contributed by atoms with E-state index < -0.39 is 0 Å². The Morgan fingerprint density at radius 3 is 2.62 bits per heavy atom. The van der Waals surface area contributed by atoms with Gasteiger partial charge in [0.2, 0.25) is 0 Å². The molecule has 4 saturated carbocycles. The Bertz CT molecular complexity index is 647. The van der Waals surface area contributed by atoms with Gasteiger partial charge in [0.15, 0.2) is 0 Å². The standard InChI is InChI=1S/C25H42N2O2/c1-17(16-27-29-13-12-26)14-18-5-7-22-21-6-4-19-15-20(28)8-10-24(19,2)23(21)9-11-25(18,22)3/h14,16,18-23,28H,4-13,15,26H2,1-3H3/b17-14+,27-16+/t18-,19-,20+,21+,22+,23+,24+,25-/m1/s1.